The van der Waals surface area contributed by atoms with Crippen molar-refractivity contribution in [1.29, 1.82) is 0 Å². The molecule has 3 heteroatoms. The highest BCUT2D eigenvalue weighted by atomic mass is 35.5. The smallest absolute Gasteiger partial charge is 0.0432 e. The Balaban J connectivity index is 1.75. The van der Waals surface area contributed by atoms with Crippen LogP contribution in [0.1, 0.15) is 38.5 Å². The van der Waals surface area contributed by atoms with Crippen molar-refractivity contribution in [2.24, 2.45) is 5.41 Å². The number of rotatable bonds is 3. The Labute approximate surface area is 95.8 Å². The Morgan fingerprint density at radius 1 is 1.36 bits per heavy atom. The molecule has 0 radical (unpaired) electrons. The number of hydrogen-bond donors (Lipinski definition) is 1. The third-order valence-electron chi connectivity index (χ3n) is 3.67. The van der Waals surface area contributed by atoms with Crippen molar-refractivity contribution in [3.05, 3.63) is 10.6 Å². The first kappa shape index (κ1) is 10.8. The van der Waals surface area contributed by atoms with Crippen LogP contribution in [0, 0.1) is 5.41 Å². The summed E-state index contributed by atoms with van der Waals surface area (Å²) in [5, 5.41) is 4.20. The molecule has 80 valence electrons. The second kappa shape index (κ2) is 4.42. The van der Waals surface area contributed by atoms with Crippen LogP contribution >= 0.6 is 23.2 Å². The molecular formula is C11H17Cl2N. The van der Waals surface area contributed by atoms with Crippen LogP contribution in [0.3, 0.4) is 0 Å². The first-order valence-corrected chi connectivity index (χ1v) is 6.26. The predicted octanol–water partition coefficient (Wildman–Crippen LogP) is 3.62. The predicted molar refractivity (Wildman–Crippen MR) is 61.7 cm³/mol. The summed E-state index contributed by atoms with van der Waals surface area (Å²) in [6, 6.07) is 0.702. The summed E-state index contributed by atoms with van der Waals surface area (Å²) in [4.78, 5) is 0. The van der Waals surface area contributed by atoms with E-state index in [1.165, 1.54) is 44.1 Å². The Bertz CT molecular complexity index is 231. The average molecular weight is 234 g/mol. The van der Waals surface area contributed by atoms with Crippen LogP contribution in [0.2, 0.25) is 0 Å². The second-order valence-corrected chi connectivity index (χ2v) is 5.32. The van der Waals surface area contributed by atoms with Gasteiger partial charge in [0.2, 0.25) is 0 Å². The molecule has 0 aromatic heterocycles. The third-order valence-corrected chi connectivity index (χ3v) is 4.29. The van der Waals surface area contributed by atoms with Crippen LogP contribution < -0.4 is 5.32 Å². The van der Waals surface area contributed by atoms with Gasteiger partial charge in [-0.25, -0.2) is 0 Å². The van der Waals surface area contributed by atoms with Crippen molar-refractivity contribution in [3.8, 4) is 0 Å². The highest BCUT2D eigenvalue weighted by Gasteiger charge is 2.53. The lowest BCUT2D eigenvalue weighted by Crippen LogP contribution is -2.25. The monoisotopic (exact) mass is 233 g/mol. The van der Waals surface area contributed by atoms with Crippen LogP contribution in [-0.2, 0) is 0 Å². The van der Waals surface area contributed by atoms with Gasteiger partial charge in [-0.05, 0) is 24.7 Å². The molecule has 0 bridgehead atoms. The number of hydrogen-bond acceptors (Lipinski definition) is 1. The molecule has 2 aliphatic rings. The summed E-state index contributed by atoms with van der Waals surface area (Å²) in [7, 11) is 0. The summed E-state index contributed by atoms with van der Waals surface area (Å²) < 4.78 is 0. The van der Waals surface area contributed by atoms with E-state index >= 15 is 0 Å². The van der Waals surface area contributed by atoms with E-state index in [4.69, 9.17) is 23.2 Å². The quantitative estimate of drug-likeness (QED) is 0.786. The fourth-order valence-corrected chi connectivity index (χ4v) is 2.86. The maximum absolute atomic E-state index is 5.83. The van der Waals surface area contributed by atoms with Gasteiger partial charge in [0, 0.05) is 23.2 Å². The summed E-state index contributed by atoms with van der Waals surface area (Å²) >= 11 is 11.3. The van der Waals surface area contributed by atoms with Crippen LogP contribution in [0.25, 0.3) is 0 Å². The lowest BCUT2D eigenvalue weighted by Gasteiger charge is -2.22. The van der Waals surface area contributed by atoms with Gasteiger partial charge in [-0.2, -0.15) is 0 Å². The Morgan fingerprint density at radius 3 is 2.71 bits per heavy atom. The molecule has 2 rings (SSSR count). The van der Waals surface area contributed by atoms with Gasteiger partial charge in [-0.3, -0.25) is 0 Å². The van der Waals surface area contributed by atoms with Gasteiger partial charge in [0.1, 0.15) is 0 Å². The zero-order valence-corrected chi connectivity index (χ0v) is 9.87. The zero-order valence-electron chi connectivity index (χ0n) is 8.36. The van der Waals surface area contributed by atoms with E-state index in [9.17, 15) is 0 Å². The fourth-order valence-electron chi connectivity index (χ4n) is 2.70. The van der Waals surface area contributed by atoms with Gasteiger partial charge < -0.3 is 5.32 Å². The minimum atomic E-state index is 0.641. The Hall–Kier alpha value is 0.280. The van der Waals surface area contributed by atoms with Gasteiger partial charge in [0.05, 0.1) is 0 Å². The van der Waals surface area contributed by atoms with Crippen LogP contribution in [0.15, 0.2) is 10.6 Å². The van der Waals surface area contributed by atoms with Crippen LogP contribution in [0.5, 0.6) is 0 Å². The summed E-state index contributed by atoms with van der Waals surface area (Å²) in [6.45, 7) is 0.734. The molecule has 14 heavy (non-hydrogen) atoms. The molecule has 0 amide bonds. The average Bonchev–Trinajstić information content (AvgIpc) is 2.89. The van der Waals surface area contributed by atoms with E-state index in [-0.39, 0.29) is 0 Å². The molecule has 0 heterocycles. The normalized spacial score (nSPS) is 30.7. The van der Waals surface area contributed by atoms with Crippen LogP contribution in [0.4, 0.5) is 0 Å². The minimum Gasteiger partial charge on any atom is -0.308 e. The van der Waals surface area contributed by atoms with E-state index in [1.54, 1.807) is 0 Å². The summed E-state index contributed by atoms with van der Waals surface area (Å²) in [5.74, 6) is 0. The van der Waals surface area contributed by atoms with Crippen molar-refractivity contribution in [1.82, 2.24) is 5.32 Å². The SMILES string of the molecule is Cl/C=C(/Cl)CNC1CC12CCCCC2. The van der Waals surface area contributed by atoms with Gasteiger partial charge in [0.25, 0.3) is 0 Å². The zero-order chi connectivity index (χ0) is 10.0. The van der Waals surface area contributed by atoms with E-state index in [2.05, 4.69) is 5.32 Å². The van der Waals surface area contributed by atoms with Gasteiger partial charge in [-0.1, -0.05) is 42.5 Å². The maximum Gasteiger partial charge on any atom is 0.0432 e. The number of halogens is 2. The molecule has 1 spiro atoms. The minimum absolute atomic E-state index is 0.641. The lowest BCUT2D eigenvalue weighted by molar-refractivity contribution is 0.315. The van der Waals surface area contributed by atoms with E-state index in [0.717, 1.165) is 6.54 Å². The van der Waals surface area contributed by atoms with E-state index in [0.29, 0.717) is 16.5 Å². The molecule has 1 atom stereocenters. The molecule has 1 unspecified atom stereocenters. The molecule has 1 N–H and O–H groups in total. The Morgan fingerprint density at radius 2 is 2.07 bits per heavy atom. The molecular weight excluding hydrogens is 217 g/mol. The van der Waals surface area contributed by atoms with Crippen molar-refractivity contribution < 1.29 is 0 Å². The molecule has 2 fully saturated rings. The molecule has 0 aromatic rings. The topological polar surface area (TPSA) is 12.0 Å². The van der Waals surface area contributed by atoms with Crippen molar-refractivity contribution in [2.75, 3.05) is 6.54 Å². The van der Waals surface area contributed by atoms with Crippen molar-refractivity contribution in [3.63, 3.8) is 0 Å². The summed E-state index contributed by atoms with van der Waals surface area (Å²) in [6.07, 6.45) is 8.42. The molecule has 1 nitrogen and oxygen atoms in total. The third kappa shape index (κ3) is 2.26. The van der Waals surface area contributed by atoms with Gasteiger partial charge >= 0.3 is 0 Å². The Kier molecular flexibility index (Phi) is 3.41. The van der Waals surface area contributed by atoms with E-state index in [1.807, 2.05) is 0 Å². The van der Waals surface area contributed by atoms with Crippen molar-refractivity contribution >= 4 is 23.2 Å². The highest BCUT2D eigenvalue weighted by Crippen LogP contribution is 2.56. The highest BCUT2D eigenvalue weighted by molar-refractivity contribution is 6.36. The lowest BCUT2D eigenvalue weighted by atomic mass is 9.86. The first-order valence-electron chi connectivity index (χ1n) is 5.45. The standard InChI is InChI=1S/C11H17Cl2N/c12-7-9(13)8-14-10-6-11(10)4-2-1-3-5-11/h7,10,14H,1-6,8H2/b9-7+. The van der Waals surface area contributed by atoms with Crippen molar-refractivity contribution in [2.45, 2.75) is 44.6 Å². The van der Waals surface area contributed by atoms with E-state index < -0.39 is 0 Å². The van der Waals surface area contributed by atoms with Crippen LogP contribution in [-0.4, -0.2) is 12.6 Å². The summed E-state index contributed by atoms with van der Waals surface area (Å²) in [5.41, 5.74) is 2.09. The molecule has 2 saturated carbocycles. The molecule has 0 aliphatic heterocycles. The fraction of sp³-hybridized carbons (Fsp3) is 0.818. The molecule has 0 saturated heterocycles. The first-order chi connectivity index (χ1) is 6.77. The molecule has 0 aromatic carbocycles. The maximum atomic E-state index is 5.83. The van der Waals surface area contributed by atoms with Gasteiger partial charge in [0.15, 0.2) is 0 Å². The molecule has 2 aliphatic carbocycles. The van der Waals surface area contributed by atoms with Gasteiger partial charge in [-0.15, -0.1) is 0 Å². The number of nitrogens with one attached hydrogen (secondary N) is 1. The second-order valence-electron chi connectivity index (χ2n) is 4.62. The largest absolute Gasteiger partial charge is 0.308 e.